The Morgan fingerprint density at radius 3 is 2.41 bits per heavy atom. The minimum absolute atomic E-state index is 0.0233. The predicted molar refractivity (Wildman–Crippen MR) is 129 cm³/mol. The zero-order valence-electron chi connectivity index (χ0n) is 20.5. The van der Waals surface area contributed by atoms with E-state index in [1.165, 1.54) is 37.7 Å². The molecule has 1 aromatic heterocycles. The van der Waals surface area contributed by atoms with Crippen molar-refractivity contribution in [3.63, 3.8) is 0 Å². The van der Waals surface area contributed by atoms with Crippen molar-refractivity contribution >= 4 is 17.5 Å². The Bertz CT molecular complexity index is 1380. The molecule has 3 aromatic rings. The van der Waals surface area contributed by atoms with Crippen LogP contribution in [-0.4, -0.2) is 53.5 Å². The lowest BCUT2D eigenvalue weighted by Gasteiger charge is -2.37. The molecule has 0 radical (unpaired) electrons. The van der Waals surface area contributed by atoms with Crippen LogP contribution in [0.4, 0.5) is 22.0 Å². The summed E-state index contributed by atoms with van der Waals surface area (Å²) in [5, 5.41) is 0. The maximum absolute atomic E-state index is 15.1. The van der Waals surface area contributed by atoms with E-state index < -0.39 is 66.2 Å². The lowest BCUT2D eigenvalue weighted by atomic mass is 9.83. The van der Waals surface area contributed by atoms with E-state index in [9.17, 15) is 27.2 Å². The minimum atomic E-state index is -4.95. The lowest BCUT2D eigenvalue weighted by Crippen LogP contribution is -2.46. The van der Waals surface area contributed by atoms with Crippen molar-refractivity contribution in [3.05, 3.63) is 89.1 Å². The van der Waals surface area contributed by atoms with E-state index in [1.807, 2.05) is 0 Å². The smallest absolute Gasteiger partial charge is 0.425 e. The molecule has 0 saturated heterocycles. The second kappa shape index (κ2) is 11.3. The van der Waals surface area contributed by atoms with Gasteiger partial charge in [0.15, 0.2) is 23.6 Å². The molecular formula is C27H22F5N3O4. The number of alkyl halides is 4. The Hall–Kier alpha value is -4.22. The number of carbonyl (C=O) groups is 2. The number of aromatic nitrogens is 2. The molecule has 2 heterocycles. The van der Waals surface area contributed by atoms with E-state index in [0.29, 0.717) is 0 Å². The predicted octanol–water partition coefficient (Wildman–Crippen LogP) is 5.24. The van der Waals surface area contributed by atoms with Gasteiger partial charge in [0.25, 0.3) is 0 Å². The highest BCUT2D eigenvalue weighted by atomic mass is 19.4. The number of benzene rings is 2. The third-order valence-corrected chi connectivity index (χ3v) is 6.15. The van der Waals surface area contributed by atoms with Crippen LogP contribution in [-0.2, 0) is 16.7 Å². The van der Waals surface area contributed by atoms with Gasteiger partial charge in [-0.15, -0.1) is 0 Å². The molecule has 0 aliphatic carbocycles. The molecule has 0 spiro atoms. The van der Waals surface area contributed by atoms with E-state index in [1.54, 1.807) is 18.2 Å². The highest BCUT2D eigenvalue weighted by molar-refractivity contribution is 6.07. The summed E-state index contributed by atoms with van der Waals surface area (Å²) in [6.07, 6.45) is -7.14. The van der Waals surface area contributed by atoms with Gasteiger partial charge in [-0.2, -0.15) is 13.2 Å². The monoisotopic (exact) mass is 547 g/mol. The number of carbonyl (C=O) groups excluding carboxylic acids is 2. The van der Waals surface area contributed by atoms with E-state index in [4.69, 9.17) is 9.47 Å². The molecule has 204 valence electrons. The van der Waals surface area contributed by atoms with Crippen LogP contribution >= 0.6 is 0 Å². The summed E-state index contributed by atoms with van der Waals surface area (Å²) in [6, 6.07) is 11.0. The third-order valence-electron chi connectivity index (χ3n) is 6.15. The molecule has 0 bridgehead atoms. The number of Topliss-reactive ketones (excluding diaryl/α,β-unsaturated/α-hetero) is 2. The second-order valence-corrected chi connectivity index (χ2v) is 8.85. The zero-order valence-corrected chi connectivity index (χ0v) is 20.5. The summed E-state index contributed by atoms with van der Waals surface area (Å²) in [5.74, 6) is -2.63. The summed E-state index contributed by atoms with van der Waals surface area (Å²) >= 11 is 0. The van der Waals surface area contributed by atoms with Gasteiger partial charge in [0.05, 0.1) is 25.9 Å². The molecule has 0 amide bonds. The summed E-state index contributed by atoms with van der Waals surface area (Å²) in [5.41, 5.74) is -2.47. The van der Waals surface area contributed by atoms with Crippen LogP contribution in [0.1, 0.15) is 44.8 Å². The van der Waals surface area contributed by atoms with Crippen molar-refractivity contribution in [2.24, 2.45) is 4.99 Å². The van der Waals surface area contributed by atoms with E-state index in [0.717, 1.165) is 12.1 Å². The normalized spacial score (nSPS) is 19.1. The first-order valence-electron chi connectivity index (χ1n) is 11.7. The zero-order chi connectivity index (χ0) is 28.2. The molecule has 1 aliphatic rings. The second-order valence-electron chi connectivity index (χ2n) is 8.85. The van der Waals surface area contributed by atoms with Crippen LogP contribution in [0, 0.1) is 5.82 Å². The SMILES string of the molecule is COc1cnc(C(=O)Cc2ccc(F)c([C@]3(CF)C[C@@H](C(F)(F)F)OC(CC(=O)c4ccccc4)=N3)c2)cn1. The summed E-state index contributed by atoms with van der Waals surface area (Å²) < 4.78 is 81.0. The van der Waals surface area contributed by atoms with Crippen LogP contribution < -0.4 is 4.74 Å². The van der Waals surface area contributed by atoms with Crippen LogP contribution in [0.3, 0.4) is 0 Å². The van der Waals surface area contributed by atoms with Gasteiger partial charge in [-0.1, -0.05) is 36.4 Å². The number of ketones is 2. The van der Waals surface area contributed by atoms with Gasteiger partial charge < -0.3 is 9.47 Å². The average Bonchev–Trinajstić information content (AvgIpc) is 2.93. The molecule has 39 heavy (non-hydrogen) atoms. The molecule has 4 rings (SSSR count). The number of hydrogen-bond donors (Lipinski definition) is 0. The molecule has 2 aromatic carbocycles. The molecule has 0 saturated carbocycles. The molecule has 0 unspecified atom stereocenters. The van der Waals surface area contributed by atoms with Crippen molar-refractivity contribution in [1.29, 1.82) is 0 Å². The van der Waals surface area contributed by atoms with Crippen molar-refractivity contribution in [1.82, 2.24) is 9.97 Å². The fourth-order valence-electron chi connectivity index (χ4n) is 4.16. The Balaban J connectivity index is 1.69. The van der Waals surface area contributed by atoms with Crippen molar-refractivity contribution < 1.29 is 41.0 Å². The molecule has 0 fully saturated rings. The van der Waals surface area contributed by atoms with Gasteiger partial charge in [-0.05, 0) is 17.7 Å². The van der Waals surface area contributed by atoms with E-state index >= 15 is 4.39 Å². The summed E-state index contributed by atoms with van der Waals surface area (Å²) in [7, 11) is 1.37. The standard InChI is InChI=1S/C27H22F5N3O4/c1-38-25-14-33-20(13-34-25)22(37)10-16-7-8-19(29)18(9-16)26(15-28)12-23(27(30,31)32)39-24(35-26)11-21(36)17-5-3-2-4-6-17/h2-9,13-14,23H,10-12,15H2,1H3/t23-,26+/m0/s1. The Morgan fingerprint density at radius 2 is 1.79 bits per heavy atom. The first kappa shape index (κ1) is 27.8. The van der Waals surface area contributed by atoms with Gasteiger partial charge in [0.1, 0.15) is 23.7 Å². The van der Waals surface area contributed by atoms with Crippen molar-refractivity contribution in [3.8, 4) is 5.88 Å². The lowest BCUT2D eigenvalue weighted by molar-refractivity contribution is -0.209. The number of nitrogens with zero attached hydrogens (tertiary/aromatic N) is 3. The van der Waals surface area contributed by atoms with Crippen LogP contribution in [0.25, 0.3) is 0 Å². The summed E-state index contributed by atoms with van der Waals surface area (Å²) in [4.78, 5) is 37.2. The number of rotatable bonds is 9. The first-order chi connectivity index (χ1) is 18.5. The van der Waals surface area contributed by atoms with Crippen molar-refractivity contribution in [2.75, 3.05) is 13.8 Å². The van der Waals surface area contributed by atoms with Gasteiger partial charge in [0.2, 0.25) is 5.88 Å². The average molecular weight is 547 g/mol. The fourth-order valence-corrected chi connectivity index (χ4v) is 4.16. The highest BCUT2D eigenvalue weighted by Gasteiger charge is 2.52. The number of halogens is 5. The van der Waals surface area contributed by atoms with Gasteiger partial charge in [-0.3, -0.25) is 9.59 Å². The highest BCUT2D eigenvalue weighted by Crippen LogP contribution is 2.42. The van der Waals surface area contributed by atoms with Gasteiger partial charge >= 0.3 is 6.18 Å². The Morgan fingerprint density at radius 1 is 1.05 bits per heavy atom. The number of hydrogen-bond acceptors (Lipinski definition) is 7. The number of methoxy groups -OCH3 is 1. The summed E-state index contributed by atoms with van der Waals surface area (Å²) in [6.45, 7) is -1.51. The molecule has 7 nitrogen and oxygen atoms in total. The minimum Gasteiger partial charge on any atom is -0.480 e. The topological polar surface area (TPSA) is 90.7 Å². The van der Waals surface area contributed by atoms with Gasteiger partial charge in [-0.25, -0.2) is 23.7 Å². The van der Waals surface area contributed by atoms with Crippen molar-refractivity contribution in [2.45, 2.75) is 37.1 Å². The molecular weight excluding hydrogens is 525 g/mol. The fraction of sp³-hybridized carbons (Fsp3) is 0.296. The maximum Gasteiger partial charge on any atom is 0.425 e. The molecule has 1 aliphatic heterocycles. The quantitative estimate of drug-likeness (QED) is 0.269. The molecule has 0 N–H and O–H groups in total. The van der Waals surface area contributed by atoms with Crippen LogP contribution in [0.2, 0.25) is 0 Å². The maximum atomic E-state index is 15.1. The molecule has 2 atom stereocenters. The van der Waals surface area contributed by atoms with E-state index in [-0.39, 0.29) is 29.1 Å². The van der Waals surface area contributed by atoms with E-state index in [2.05, 4.69) is 15.0 Å². The largest absolute Gasteiger partial charge is 0.480 e. The Labute approximate surface area is 219 Å². The van der Waals surface area contributed by atoms with Gasteiger partial charge in [0, 0.05) is 24.0 Å². The Kier molecular flexibility index (Phi) is 8.03. The first-order valence-corrected chi connectivity index (χ1v) is 11.7. The van der Waals surface area contributed by atoms with Crippen LogP contribution in [0.5, 0.6) is 5.88 Å². The van der Waals surface area contributed by atoms with Crippen LogP contribution in [0.15, 0.2) is 65.9 Å². The third kappa shape index (κ3) is 6.27. The number of aliphatic imine (C=N–C) groups is 1. The number of ether oxygens (including phenoxy) is 2. The molecule has 12 heteroatoms.